The molecule has 1 aliphatic carbocycles. The third kappa shape index (κ3) is 1.58. The summed E-state index contributed by atoms with van der Waals surface area (Å²) in [5.41, 5.74) is -0.0671. The van der Waals surface area contributed by atoms with Crippen LogP contribution in [-0.2, 0) is 0 Å². The monoisotopic (exact) mass is 260 g/mol. The average molecular weight is 260 g/mol. The molecule has 0 fully saturated rings. The van der Waals surface area contributed by atoms with Gasteiger partial charge in [-0.05, 0) is 18.2 Å². The molecular formula is C11H4N2O6. The highest BCUT2D eigenvalue weighted by Gasteiger charge is 2.31. The maximum atomic E-state index is 11.7. The summed E-state index contributed by atoms with van der Waals surface area (Å²) in [6, 6.07) is 2.41. The minimum absolute atomic E-state index is 0.00634. The van der Waals surface area contributed by atoms with Crippen molar-refractivity contribution in [3.63, 3.8) is 0 Å². The Morgan fingerprint density at radius 1 is 1.16 bits per heavy atom. The molecule has 0 aromatic carbocycles. The lowest BCUT2D eigenvalue weighted by Gasteiger charge is -2.00. The number of nitrogens with zero attached hydrogens (tertiary/aromatic N) is 2. The summed E-state index contributed by atoms with van der Waals surface area (Å²) >= 11 is 0. The molecule has 0 saturated heterocycles. The first-order valence-electron chi connectivity index (χ1n) is 5.09. The molecule has 0 spiro atoms. The first kappa shape index (κ1) is 11.1. The van der Waals surface area contributed by atoms with Crippen molar-refractivity contribution in [1.29, 1.82) is 0 Å². The van der Waals surface area contributed by atoms with Crippen molar-refractivity contribution in [2.45, 2.75) is 0 Å². The quantitative estimate of drug-likeness (QED) is 0.596. The van der Waals surface area contributed by atoms with E-state index in [1.165, 1.54) is 6.07 Å². The minimum atomic E-state index is -0.719. The number of nitro groups is 1. The van der Waals surface area contributed by atoms with Gasteiger partial charge >= 0.3 is 5.88 Å². The van der Waals surface area contributed by atoms with Crippen molar-refractivity contribution < 1.29 is 23.5 Å². The van der Waals surface area contributed by atoms with Crippen LogP contribution < -0.4 is 0 Å². The predicted molar refractivity (Wildman–Crippen MR) is 58.7 cm³/mol. The molecule has 0 amide bonds. The van der Waals surface area contributed by atoms with Gasteiger partial charge in [0, 0.05) is 0 Å². The first-order chi connectivity index (χ1) is 9.08. The molecule has 0 atom stereocenters. The normalized spacial score (nSPS) is 13.7. The van der Waals surface area contributed by atoms with Gasteiger partial charge in [0.05, 0.1) is 6.07 Å². The smallest absolute Gasteiger partial charge is 0.399 e. The Morgan fingerprint density at radius 2 is 1.89 bits per heavy atom. The summed E-state index contributed by atoms with van der Waals surface area (Å²) in [7, 11) is 0. The van der Waals surface area contributed by atoms with Crippen LogP contribution in [0.25, 0.3) is 11.5 Å². The molecule has 0 saturated carbocycles. The SMILES string of the molecule is O=C1C=CC(=O)c2c(-c3ccc([N+](=O)[O-])o3)noc21. The van der Waals surface area contributed by atoms with Gasteiger partial charge in [0.15, 0.2) is 17.2 Å². The zero-order valence-electron chi connectivity index (χ0n) is 9.15. The first-order valence-corrected chi connectivity index (χ1v) is 5.09. The molecule has 8 heteroatoms. The number of rotatable bonds is 2. The van der Waals surface area contributed by atoms with E-state index in [-0.39, 0.29) is 22.8 Å². The van der Waals surface area contributed by atoms with Gasteiger partial charge in [0.1, 0.15) is 10.5 Å². The molecule has 0 N–H and O–H groups in total. The van der Waals surface area contributed by atoms with Gasteiger partial charge < -0.3 is 8.94 Å². The largest absolute Gasteiger partial charge is 0.433 e. The fourth-order valence-electron chi connectivity index (χ4n) is 1.72. The van der Waals surface area contributed by atoms with Gasteiger partial charge in [-0.25, -0.2) is 0 Å². The highest BCUT2D eigenvalue weighted by Crippen LogP contribution is 2.31. The van der Waals surface area contributed by atoms with Crippen molar-refractivity contribution in [1.82, 2.24) is 5.16 Å². The van der Waals surface area contributed by atoms with Crippen molar-refractivity contribution >= 4 is 17.5 Å². The Balaban J connectivity index is 2.15. The molecule has 0 aliphatic heterocycles. The second-order valence-electron chi connectivity index (χ2n) is 3.69. The van der Waals surface area contributed by atoms with Crippen LogP contribution in [-0.4, -0.2) is 21.6 Å². The van der Waals surface area contributed by atoms with Gasteiger partial charge in [0.25, 0.3) is 0 Å². The summed E-state index contributed by atoms with van der Waals surface area (Å²) in [5.74, 6) is -1.65. The summed E-state index contributed by atoms with van der Waals surface area (Å²) in [4.78, 5) is 33.0. The highest BCUT2D eigenvalue weighted by molar-refractivity contribution is 6.22. The van der Waals surface area contributed by atoms with E-state index in [1.807, 2.05) is 0 Å². The van der Waals surface area contributed by atoms with Crippen molar-refractivity contribution in [2.24, 2.45) is 0 Å². The van der Waals surface area contributed by atoms with E-state index in [0.29, 0.717) is 0 Å². The topological polar surface area (TPSA) is 116 Å². The van der Waals surface area contributed by atoms with Gasteiger partial charge in [-0.3, -0.25) is 19.7 Å². The zero-order chi connectivity index (χ0) is 13.6. The number of fused-ring (bicyclic) bond motifs is 1. The Labute approximate surface area is 104 Å². The molecule has 0 unspecified atom stereocenters. The minimum Gasteiger partial charge on any atom is -0.399 e. The maximum absolute atomic E-state index is 11.7. The predicted octanol–water partition coefficient (Wildman–Crippen LogP) is 1.78. The molecule has 1 aliphatic rings. The number of carbonyl (C=O) groups is 2. The molecule has 0 radical (unpaired) electrons. The standard InChI is InChI=1S/C11H4N2O6/c14-5-1-2-6(15)11-9(5)10(12-19-11)7-3-4-8(18-7)13(16)17/h1-4H. The fraction of sp³-hybridized carbons (Fsp3) is 0. The van der Waals surface area contributed by atoms with Gasteiger partial charge in [0.2, 0.25) is 11.5 Å². The van der Waals surface area contributed by atoms with Crippen LogP contribution in [0.4, 0.5) is 5.88 Å². The van der Waals surface area contributed by atoms with Crippen LogP contribution >= 0.6 is 0 Å². The summed E-state index contributed by atoms with van der Waals surface area (Å²) in [5, 5.41) is 14.1. The van der Waals surface area contributed by atoms with E-state index in [4.69, 9.17) is 8.94 Å². The molecule has 2 aromatic heterocycles. The number of hydrogen-bond acceptors (Lipinski definition) is 7. The molecular weight excluding hydrogens is 256 g/mol. The van der Waals surface area contributed by atoms with E-state index in [1.54, 1.807) is 0 Å². The Kier molecular flexibility index (Phi) is 2.18. The molecule has 19 heavy (non-hydrogen) atoms. The zero-order valence-corrected chi connectivity index (χ0v) is 9.15. The lowest BCUT2D eigenvalue weighted by Crippen LogP contribution is -2.09. The summed E-state index contributed by atoms with van der Waals surface area (Å²) in [6.07, 6.45) is 2.16. The lowest BCUT2D eigenvalue weighted by atomic mass is 9.99. The van der Waals surface area contributed by atoms with E-state index in [2.05, 4.69) is 5.16 Å². The van der Waals surface area contributed by atoms with Crippen LogP contribution in [0.5, 0.6) is 0 Å². The molecule has 8 nitrogen and oxygen atoms in total. The number of hydrogen-bond donors (Lipinski definition) is 0. The van der Waals surface area contributed by atoms with E-state index >= 15 is 0 Å². The lowest BCUT2D eigenvalue weighted by molar-refractivity contribution is -0.401. The Hall–Kier alpha value is -3.03. The molecule has 3 rings (SSSR count). The molecule has 2 heterocycles. The van der Waals surface area contributed by atoms with Crippen LogP contribution in [0.3, 0.4) is 0 Å². The highest BCUT2D eigenvalue weighted by atomic mass is 16.6. The van der Waals surface area contributed by atoms with Gasteiger partial charge in [-0.1, -0.05) is 5.16 Å². The van der Waals surface area contributed by atoms with Crippen LogP contribution in [0.1, 0.15) is 20.9 Å². The molecule has 2 aromatic rings. The number of aromatic nitrogens is 1. The van der Waals surface area contributed by atoms with Crippen molar-refractivity contribution in [3.8, 4) is 11.5 Å². The second-order valence-corrected chi connectivity index (χ2v) is 3.69. The number of ketones is 2. The number of allylic oxidation sites excluding steroid dienone is 2. The Morgan fingerprint density at radius 3 is 2.58 bits per heavy atom. The van der Waals surface area contributed by atoms with E-state index in [9.17, 15) is 19.7 Å². The fourth-order valence-corrected chi connectivity index (χ4v) is 1.72. The maximum Gasteiger partial charge on any atom is 0.433 e. The van der Waals surface area contributed by atoms with Crippen molar-refractivity contribution in [2.75, 3.05) is 0 Å². The van der Waals surface area contributed by atoms with Gasteiger partial charge in [-0.2, -0.15) is 0 Å². The van der Waals surface area contributed by atoms with Gasteiger partial charge in [-0.15, -0.1) is 0 Å². The number of carbonyl (C=O) groups excluding carboxylic acids is 2. The molecule has 0 bridgehead atoms. The second kappa shape index (κ2) is 3.73. The summed E-state index contributed by atoms with van der Waals surface area (Å²) in [6.45, 7) is 0. The third-order valence-electron chi connectivity index (χ3n) is 2.55. The van der Waals surface area contributed by atoms with Crippen LogP contribution in [0.2, 0.25) is 0 Å². The van der Waals surface area contributed by atoms with Crippen LogP contribution in [0.15, 0.2) is 33.2 Å². The number of furan rings is 1. The Bertz CT molecular complexity index is 751. The van der Waals surface area contributed by atoms with E-state index < -0.39 is 22.4 Å². The third-order valence-corrected chi connectivity index (χ3v) is 2.55. The van der Waals surface area contributed by atoms with Crippen LogP contribution in [0, 0.1) is 10.1 Å². The average Bonchev–Trinajstić information content (AvgIpc) is 2.99. The van der Waals surface area contributed by atoms with E-state index in [0.717, 1.165) is 18.2 Å². The summed E-state index contributed by atoms with van der Waals surface area (Å²) < 4.78 is 9.72. The molecule has 94 valence electrons. The van der Waals surface area contributed by atoms with Crippen molar-refractivity contribution in [3.05, 3.63) is 45.7 Å².